The molecule has 0 heterocycles. The maximum atomic E-state index is 10.2. The lowest BCUT2D eigenvalue weighted by molar-refractivity contribution is -0.142. The minimum Gasteiger partial charge on any atom is -0.481 e. The SMILES string of the molecule is O=C(O)CCCCCOCCOCC(=O)O. The average Bonchev–Trinajstić information content (AvgIpc) is 2.20. The smallest absolute Gasteiger partial charge is 0.329 e. The highest BCUT2D eigenvalue weighted by Crippen LogP contribution is 1.99. The summed E-state index contributed by atoms with van der Waals surface area (Å²) < 4.78 is 9.91. The van der Waals surface area contributed by atoms with Crippen molar-refractivity contribution in [2.45, 2.75) is 25.7 Å². The Hall–Kier alpha value is -1.14. The second-order valence-corrected chi connectivity index (χ2v) is 3.26. The van der Waals surface area contributed by atoms with E-state index >= 15 is 0 Å². The third-order valence-corrected chi connectivity index (χ3v) is 1.78. The molecule has 0 aliphatic heterocycles. The Labute approximate surface area is 94.2 Å². The van der Waals surface area contributed by atoms with E-state index in [9.17, 15) is 9.59 Å². The third kappa shape index (κ3) is 12.9. The number of rotatable bonds is 11. The van der Waals surface area contributed by atoms with Crippen molar-refractivity contribution in [3.8, 4) is 0 Å². The molecule has 0 saturated heterocycles. The monoisotopic (exact) mass is 234 g/mol. The van der Waals surface area contributed by atoms with Gasteiger partial charge in [0, 0.05) is 13.0 Å². The molecule has 0 aromatic carbocycles. The molecule has 0 radical (unpaired) electrons. The normalized spacial score (nSPS) is 10.2. The van der Waals surface area contributed by atoms with Crippen LogP contribution in [0.15, 0.2) is 0 Å². The van der Waals surface area contributed by atoms with E-state index in [0.717, 1.165) is 12.8 Å². The molecule has 0 aromatic heterocycles. The Morgan fingerprint density at radius 2 is 1.50 bits per heavy atom. The molecular weight excluding hydrogens is 216 g/mol. The molecular formula is C10H18O6. The number of aliphatic carboxylic acids is 2. The molecule has 0 unspecified atom stereocenters. The van der Waals surface area contributed by atoms with E-state index < -0.39 is 11.9 Å². The Morgan fingerprint density at radius 3 is 2.12 bits per heavy atom. The summed E-state index contributed by atoms with van der Waals surface area (Å²) in [5.74, 6) is -1.77. The van der Waals surface area contributed by atoms with Crippen LogP contribution in [0.1, 0.15) is 25.7 Å². The van der Waals surface area contributed by atoms with Gasteiger partial charge in [-0.2, -0.15) is 0 Å². The van der Waals surface area contributed by atoms with Crippen LogP contribution in [0.2, 0.25) is 0 Å². The van der Waals surface area contributed by atoms with Gasteiger partial charge in [0.25, 0.3) is 0 Å². The fourth-order valence-electron chi connectivity index (χ4n) is 1.04. The lowest BCUT2D eigenvalue weighted by Crippen LogP contribution is -2.11. The van der Waals surface area contributed by atoms with Crippen molar-refractivity contribution in [3.63, 3.8) is 0 Å². The second kappa shape index (κ2) is 10.4. The van der Waals surface area contributed by atoms with Crippen LogP contribution in [-0.2, 0) is 19.1 Å². The second-order valence-electron chi connectivity index (χ2n) is 3.26. The first-order valence-corrected chi connectivity index (χ1v) is 5.22. The molecule has 0 spiro atoms. The van der Waals surface area contributed by atoms with Gasteiger partial charge in [0.1, 0.15) is 6.61 Å². The molecule has 0 bridgehead atoms. The Kier molecular flexibility index (Phi) is 9.64. The molecule has 0 amide bonds. The first kappa shape index (κ1) is 14.9. The lowest BCUT2D eigenvalue weighted by atomic mass is 10.2. The van der Waals surface area contributed by atoms with Crippen molar-refractivity contribution in [3.05, 3.63) is 0 Å². The highest BCUT2D eigenvalue weighted by Gasteiger charge is 1.97. The molecule has 2 N–H and O–H groups in total. The third-order valence-electron chi connectivity index (χ3n) is 1.78. The summed E-state index contributed by atoms with van der Waals surface area (Å²) in [7, 11) is 0. The van der Waals surface area contributed by atoms with Crippen LogP contribution in [0, 0.1) is 0 Å². The van der Waals surface area contributed by atoms with Crippen molar-refractivity contribution in [1.82, 2.24) is 0 Å². The zero-order valence-electron chi connectivity index (χ0n) is 9.18. The lowest BCUT2D eigenvalue weighted by Gasteiger charge is -2.03. The summed E-state index contributed by atoms with van der Waals surface area (Å²) in [6, 6.07) is 0. The molecule has 0 rings (SSSR count). The highest BCUT2D eigenvalue weighted by atomic mass is 16.5. The minimum atomic E-state index is -0.992. The largest absolute Gasteiger partial charge is 0.481 e. The van der Waals surface area contributed by atoms with Gasteiger partial charge in [-0.3, -0.25) is 4.79 Å². The van der Waals surface area contributed by atoms with E-state index in [1.165, 1.54) is 0 Å². The topological polar surface area (TPSA) is 93.1 Å². The van der Waals surface area contributed by atoms with Gasteiger partial charge in [-0.1, -0.05) is 6.42 Å². The van der Waals surface area contributed by atoms with Crippen LogP contribution in [0.4, 0.5) is 0 Å². The van der Waals surface area contributed by atoms with Gasteiger partial charge in [-0.25, -0.2) is 4.79 Å². The maximum Gasteiger partial charge on any atom is 0.329 e. The van der Waals surface area contributed by atoms with Crippen molar-refractivity contribution < 1.29 is 29.3 Å². The molecule has 94 valence electrons. The first-order chi connectivity index (χ1) is 7.63. The predicted molar refractivity (Wildman–Crippen MR) is 55.4 cm³/mol. The molecule has 0 fully saturated rings. The molecule has 0 aliphatic rings. The predicted octanol–water partition coefficient (Wildman–Crippen LogP) is 0.749. The fourth-order valence-corrected chi connectivity index (χ4v) is 1.04. The standard InChI is InChI=1S/C10H18O6/c11-9(12)4-2-1-3-5-15-6-7-16-8-10(13)14/h1-8H2,(H,11,12)(H,13,14). The summed E-state index contributed by atoms with van der Waals surface area (Å²) >= 11 is 0. The quantitative estimate of drug-likeness (QED) is 0.512. The molecule has 16 heavy (non-hydrogen) atoms. The Bertz CT molecular complexity index is 181. The van der Waals surface area contributed by atoms with Gasteiger partial charge < -0.3 is 19.7 Å². The van der Waals surface area contributed by atoms with Gasteiger partial charge in [-0.15, -0.1) is 0 Å². The summed E-state index contributed by atoms with van der Waals surface area (Å²) in [5, 5.41) is 16.6. The van der Waals surface area contributed by atoms with Crippen LogP contribution in [0.25, 0.3) is 0 Å². The van der Waals surface area contributed by atoms with Crippen molar-refractivity contribution in [2.75, 3.05) is 26.4 Å². The summed E-state index contributed by atoms with van der Waals surface area (Å²) in [4.78, 5) is 20.2. The van der Waals surface area contributed by atoms with Crippen LogP contribution < -0.4 is 0 Å². The van der Waals surface area contributed by atoms with Gasteiger partial charge in [0.05, 0.1) is 13.2 Å². The van der Waals surface area contributed by atoms with Crippen LogP contribution in [0.5, 0.6) is 0 Å². The Balaban J connectivity index is 2.98. The van der Waals surface area contributed by atoms with E-state index in [-0.39, 0.29) is 19.6 Å². The summed E-state index contributed by atoms with van der Waals surface area (Å²) in [5.41, 5.74) is 0. The van der Waals surface area contributed by atoms with E-state index in [2.05, 4.69) is 0 Å². The van der Waals surface area contributed by atoms with Crippen LogP contribution >= 0.6 is 0 Å². The number of carbonyl (C=O) groups is 2. The van der Waals surface area contributed by atoms with Gasteiger partial charge >= 0.3 is 11.9 Å². The zero-order valence-corrected chi connectivity index (χ0v) is 9.18. The van der Waals surface area contributed by atoms with Crippen molar-refractivity contribution in [1.29, 1.82) is 0 Å². The molecule has 0 atom stereocenters. The van der Waals surface area contributed by atoms with Gasteiger partial charge in [-0.05, 0) is 12.8 Å². The number of hydrogen-bond acceptors (Lipinski definition) is 4. The molecule has 6 nitrogen and oxygen atoms in total. The minimum absolute atomic E-state index is 0.196. The van der Waals surface area contributed by atoms with Crippen molar-refractivity contribution in [2.24, 2.45) is 0 Å². The fraction of sp³-hybridized carbons (Fsp3) is 0.800. The van der Waals surface area contributed by atoms with Gasteiger partial charge in [0.15, 0.2) is 0 Å². The number of hydrogen-bond donors (Lipinski definition) is 2. The number of carboxylic acids is 2. The van der Waals surface area contributed by atoms with E-state index in [1.54, 1.807) is 0 Å². The number of carboxylic acid groups (broad SMARTS) is 2. The number of unbranched alkanes of at least 4 members (excludes halogenated alkanes) is 2. The average molecular weight is 234 g/mol. The van der Waals surface area contributed by atoms with E-state index in [4.69, 9.17) is 19.7 Å². The van der Waals surface area contributed by atoms with E-state index in [0.29, 0.717) is 19.6 Å². The molecule has 0 aliphatic carbocycles. The zero-order chi connectivity index (χ0) is 12.2. The maximum absolute atomic E-state index is 10.2. The molecule has 0 aromatic rings. The van der Waals surface area contributed by atoms with Crippen LogP contribution in [-0.4, -0.2) is 48.6 Å². The highest BCUT2D eigenvalue weighted by molar-refractivity contribution is 5.68. The van der Waals surface area contributed by atoms with E-state index in [1.807, 2.05) is 0 Å². The summed E-state index contributed by atoms with van der Waals surface area (Å²) in [6.07, 6.45) is 2.49. The van der Waals surface area contributed by atoms with Crippen LogP contribution in [0.3, 0.4) is 0 Å². The summed E-state index contributed by atoms with van der Waals surface area (Å²) in [6.45, 7) is 0.881. The van der Waals surface area contributed by atoms with Crippen molar-refractivity contribution >= 4 is 11.9 Å². The van der Waals surface area contributed by atoms with Gasteiger partial charge in [0.2, 0.25) is 0 Å². The Morgan fingerprint density at radius 1 is 0.812 bits per heavy atom. The molecule has 6 heteroatoms. The molecule has 0 saturated carbocycles. The number of ether oxygens (including phenoxy) is 2. The first-order valence-electron chi connectivity index (χ1n) is 5.22.